The fourth-order valence-corrected chi connectivity index (χ4v) is 7.33. The maximum absolute atomic E-state index is 3.49. The normalized spacial score (nSPS) is 13.3. The Balaban J connectivity index is 1.09. The summed E-state index contributed by atoms with van der Waals surface area (Å²) in [5.41, 5.74) is 14.8. The SMILES string of the molecule is Cc1ccc2c3ccccc3n(-c3cccc(C4=CNC=C(c5cccc(-n6c7ccccc7c7ccc(C)cc76)c5)C4)c3)c2c1. The van der Waals surface area contributed by atoms with Crippen molar-refractivity contribution in [1.82, 2.24) is 14.5 Å². The summed E-state index contributed by atoms with van der Waals surface area (Å²) in [5.74, 6) is 0. The monoisotopic (exact) mass is 591 g/mol. The van der Waals surface area contributed by atoms with Gasteiger partial charge >= 0.3 is 0 Å². The molecule has 1 N–H and O–H groups in total. The molecule has 1 aliphatic rings. The van der Waals surface area contributed by atoms with Crippen LogP contribution in [0.3, 0.4) is 0 Å². The van der Waals surface area contributed by atoms with Gasteiger partial charge in [0.05, 0.1) is 22.1 Å². The molecule has 9 rings (SSSR count). The van der Waals surface area contributed by atoms with E-state index in [2.05, 4.69) is 174 Å². The van der Waals surface area contributed by atoms with Gasteiger partial charge in [-0.1, -0.05) is 84.9 Å². The molecule has 220 valence electrons. The molecule has 0 amide bonds. The number of aryl methyl sites for hydroxylation is 2. The van der Waals surface area contributed by atoms with Gasteiger partial charge in [0.2, 0.25) is 0 Å². The molecule has 6 aromatic carbocycles. The highest BCUT2D eigenvalue weighted by Gasteiger charge is 2.17. The number of allylic oxidation sites excluding steroid dienone is 2. The van der Waals surface area contributed by atoms with Crippen LogP contribution in [0.5, 0.6) is 0 Å². The number of dihydropyridines is 1. The van der Waals surface area contributed by atoms with Crippen LogP contribution in [0.2, 0.25) is 0 Å². The molecule has 0 radical (unpaired) electrons. The Kier molecular flexibility index (Phi) is 6.01. The van der Waals surface area contributed by atoms with Crippen LogP contribution in [-0.2, 0) is 0 Å². The molecule has 3 heterocycles. The van der Waals surface area contributed by atoms with Crippen LogP contribution in [0.1, 0.15) is 28.7 Å². The Morgan fingerprint density at radius 3 is 1.39 bits per heavy atom. The van der Waals surface area contributed by atoms with Crippen LogP contribution in [0.25, 0.3) is 66.1 Å². The standard InChI is InChI=1S/C43H33N3/c1-28-17-19-38-36-13-3-5-15-40(36)45(42(38)21-28)34-11-7-9-30(24-34)32-23-33(27-44-26-32)31-10-8-12-35(25-31)46-41-16-6-4-14-37(41)39-20-18-29(2)22-43(39)46/h3-22,24-27,44H,23H2,1-2H3. The Morgan fingerprint density at radius 1 is 0.435 bits per heavy atom. The number of hydrogen-bond acceptors (Lipinski definition) is 1. The summed E-state index contributed by atoms with van der Waals surface area (Å²) < 4.78 is 4.82. The Bertz CT molecular complexity index is 2380. The zero-order valence-corrected chi connectivity index (χ0v) is 26.0. The molecular formula is C43H33N3. The Hall–Kier alpha value is -5.80. The molecule has 0 aliphatic carbocycles. The van der Waals surface area contributed by atoms with Crippen molar-refractivity contribution in [3.8, 4) is 11.4 Å². The molecule has 0 atom stereocenters. The molecular weight excluding hydrogens is 558 g/mol. The number of nitrogens with one attached hydrogen (secondary N) is 1. The predicted octanol–water partition coefficient (Wildman–Crippen LogP) is 10.9. The van der Waals surface area contributed by atoms with Crippen molar-refractivity contribution in [2.24, 2.45) is 0 Å². The lowest BCUT2D eigenvalue weighted by molar-refractivity contribution is 1.12. The van der Waals surface area contributed by atoms with Gasteiger partial charge in [-0.05, 0) is 95.8 Å². The number of benzene rings is 6. The number of aromatic nitrogens is 2. The van der Waals surface area contributed by atoms with E-state index < -0.39 is 0 Å². The number of rotatable bonds is 4. The fourth-order valence-electron chi connectivity index (χ4n) is 7.33. The average Bonchev–Trinajstić information content (AvgIpc) is 3.60. The van der Waals surface area contributed by atoms with Gasteiger partial charge in [0.25, 0.3) is 0 Å². The molecule has 0 saturated carbocycles. The van der Waals surface area contributed by atoms with Gasteiger partial charge in [-0.3, -0.25) is 0 Å². The summed E-state index contributed by atoms with van der Waals surface area (Å²) in [5, 5.41) is 8.62. The van der Waals surface area contributed by atoms with E-state index in [1.807, 2.05) is 0 Å². The van der Waals surface area contributed by atoms with Gasteiger partial charge in [-0.15, -0.1) is 0 Å². The summed E-state index contributed by atoms with van der Waals surface area (Å²) in [6, 6.07) is 48.9. The summed E-state index contributed by atoms with van der Waals surface area (Å²) in [7, 11) is 0. The van der Waals surface area contributed by atoms with Crippen LogP contribution in [0, 0.1) is 13.8 Å². The molecule has 0 bridgehead atoms. The van der Waals surface area contributed by atoms with Gasteiger partial charge in [0.1, 0.15) is 0 Å². The first-order valence-electron chi connectivity index (χ1n) is 16.0. The lowest BCUT2D eigenvalue weighted by Crippen LogP contribution is -2.06. The lowest BCUT2D eigenvalue weighted by atomic mass is 9.93. The van der Waals surface area contributed by atoms with E-state index in [-0.39, 0.29) is 0 Å². The zero-order valence-electron chi connectivity index (χ0n) is 26.0. The third-order valence-corrected chi connectivity index (χ3v) is 9.50. The molecule has 2 aromatic heterocycles. The lowest BCUT2D eigenvalue weighted by Gasteiger charge is -2.19. The van der Waals surface area contributed by atoms with Gasteiger partial charge in [0, 0.05) is 51.7 Å². The summed E-state index contributed by atoms with van der Waals surface area (Å²) in [6.07, 6.45) is 5.15. The average molecular weight is 592 g/mol. The maximum atomic E-state index is 3.49. The Morgan fingerprint density at radius 2 is 0.891 bits per heavy atom. The molecule has 0 spiro atoms. The summed E-state index contributed by atoms with van der Waals surface area (Å²) >= 11 is 0. The van der Waals surface area contributed by atoms with E-state index >= 15 is 0 Å². The number of fused-ring (bicyclic) bond motifs is 6. The van der Waals surface area contributed by atoms with E-state index in [0.717, 1.165) is 6.42 Å². The minimum absolute atomic E-state index is 0.846. The number of para-hydroxylation sites is 2. The quantitative estimate of drug-likeness (QED) is 0.216. The second-order valence-corrected chi connectivity index (χ2v) is 12.5. The van der Waals surface area contributed by atoms with Crippen LogP contribution >= 0.6 is 0 Å². The molecule has 0 unspecified atom stereocenters. The van der Waals surface area contributed by atoms with Gasteiger partial charge in [-0.25, -0.2) is 0 Å². The highest BCUT2D eigenvalue weighted by Crippen LogP contribution is 2.37. The van der Waals surface area contributed by atoms with Crippen molar-refractivity contribution in [3.63, 3.8) is 0 Å². The highest BCUT2D eigenvalue weighted by atomic mass is 15.0. The summed E-state index contributed by atoms with van der Waals surface area (Å²) in [4.78, 5) is 0. The topological polar surface area (TPSA) is 21.9 Å². The molecule has 0 fully saturated rings. The minimum Gasteiger partial charge on any atom is -0.367 e. The number of nitrogens with zero attached hydrogens (tertiary/aromatic N) is 2. The van der Waals surface area contributed by atoms with E-state index in [9.17, 15) is 0 Å². The van der Waals surface area contributed by atoms with Crippen LogP contribution in [0.15, 0.2) is 146 Å². The molecule has 3 nitrogen and oxygen atoms in total. The van der Waals surface area contributed by atoms with E-state index in [1.54, 1.807) is 0 Å². The maximum Gasteiger partial charge on any atom is 0.0543 e. The first kappa shape index (κ1) is 26.6. The third-order valence-electron chi connectivity index (χ3n) is 9.50. The van der Waals surface area contributed by atoms with E-state index in [0.29, 0.717) is 0 Å². The van der Waals surface area contributed by atoms with Crippen LogP contribution in [0.4, 0.5) is 0 Å². The van der Waals surface area contributed by atoms with E-state index in [4.69, 9.17) is 0 Å². The van der Waals surface area contributed by atoms with Crippen molar-refractivity contribution in [2.45, 2.75) is 20.3 Å². The molecule has 8 aromatic rings. The molecule has 46 heavy (non-hydrogen) atoms. The number of hydrogen-bond donors (Lipinski definition) is 1. The fraction of sp³-hybridized carbons (Fsp3) is 0.0698. The first-order valence-corrected chi connectivity index (χ1v) is 16.0. The molecule has 3 heteroatoms. The second-order valence-electron chi connectivity index (χ2n) is 12.5. The van der Waals surface area contributed by atoms with Crippen molar-refractivity contribution in [2.75, 3.05) is 0 Å². The van der Waals surface area contributed by atoms with Crippen molar-refractivity contribution in [3.05, 3.63) is 168 Å². The Labute approximate surface area is 268 Å². The third kappa shape index (κ3) is 4.20. The van der Waals surface area contributed by atoms with E-state index in [1.165, 1.54) is 88.4 Å². The molecule has 0 saturated heterocycles. The van der Waals surface area contributed by atoms with Gasteiger partial charge < -0.3 is 14.5 Å². The zero-order chi connectivity index (χ0) is 30.8. The largest absolute Gasteiger partial charge is 0.367 e. The minimum atomic E-state index is 0.846. The van der Waals surface area contributed by atoms with Crippen molar-refractivity contribution < 1.29 is 0 Å². The van der Waals surface area contributed by atoms with Gasteiger partial charge in [0.15, 0.2) is 0 Å². The molecule has 1 aliphatic heterocycles. The smallest absolute Gasteiger partial charge is 0.0543 e. The second kappa shape index (κ2) is 10.4. The predicted molar refractivity (Wildman–Crippen MR) is 195 cm³/mol. The van der Waals surface area contributed by atoms with Crippen LogP contribution in [-0.4, -0.2) is 9.13 Å². The summed E-state index contributed by atoms with van der Waals surface area (Å²) in [6.45, 7) is 4.34. The first-order chi connectivity index (χ1) is 22.6. The van der Waals surface area contributed by atoms with Gasteiger partial charge in [-0.2, -0.15) is 0 Å². The van der Waals surface area contributed by atoms with Crippen LogP contribution < -0.4 is 5.32 Å². The highest BCUT2D eigenvalue weighted by molar-refractivity contribution is 6.10. The van der Waals surface area contributed by atoms with Crippen molar-refractivity contribution >= 4 is 54.8 Å². The van der Waals surface area contributed by atoms with Crippen molar-refractivity contribution in [1.29, 1.82) is 0 Å².